The fraction of sp³-hybridized carbons (Fsp3) is 0.607. The highest BCUT2D eigenvalue weighted by atomic mass is 16.5. The Morgan fingerprint density at radius 3 is 2.53 bits per heavy atom. The summed E-state index contributed by atoms with van der Waals surface area (Å²) < 4.78 is 5.49. The quantitative estimate of drug-likeness (QED) is 0.610. The molecule has 3 aliphatic rings. The van der Waals surface area contributed by atoms with Crippen molar-refractivity contribution < 1.29 is 19.1 Å². The normalized spacial score (nSPS) is 22.0. The molecule has 36 heavy (non-hydrogen) atoms. The van der Waals surface area contributed by atoms with Gasteiger partial charge >= 0.3 is 12.0 Å². The van der Waals surface area contributed by atoms with E-state index in [1.807, 2.05) is 36.9 Å². The summed E-state index contributed by atoms with van der Waals surface area (Å²) in [6.07, 6.45) is 5.19. The second-order valence-electron chi connectivity index (χ2n) is 10.3. The number of carbonyl (C=O) groups is 3. The molecule has 1 aromatic carbocycles. The standard InChI is InChI=1S/C28H40N4O4/c1-5-36-27(34)24-23(30(4)28(35)29-25(24)22-17-19(2)11-12-20(22)3)18-31-13-8-14-32(16-15-31)26(33)21-9-6-7-10-21/h11-12,17,21,25H,5-10,13-16,18H2,1-4H3,(H,29,35). The zero-order valence-corrected chi connectivity index (χ0v) is 22.1. The van der Waals surface area contributed by atoms with E-state index < -0.39 is 12.0 Å². The van der Waals surface area contributed by atoms with E-state index in [4.69, 9.17) is 4.74 Å². The number of rotatable bonds is 6. The number of likely N-dealkylation sites (N-methyl/N-ethyl adjacent to an activating group) is 1. The van der Waals surface area contributed by atoms with Gasteiger partial charge < -0.3 is 15.0 Å². The molecule has 0 bridgehead atoms. The summed E-state index contributed by atoms with van der Waals surface area (Å²) in [6.45, 7) is 9.45. The van der Waals surface area contributed by atoms with Crippen molar-refractivity contribution in [2.75, 3.05) is 46.4 Å². The van der Waals surface area contributed by atoms with Crippen molar-refractivity contribution in [3.8, 4) is 0 Å². The highest BCUT2D eigenvalue weighted by molar-refractivity contribution is 5.95. The van der Waals surface area contributed by atoms with Crippen molar-refractivity contribution in [1.29, 1.82) is 0 Å². The van der Waals surface area contributed by atoms with Crippen molar-refractivity contribution in [2.45, 2.75) is 58.9 Å². The number of hydrogen-bond donors (Lipinski definition) is 1. The summed E-state index contributed by atoms with van der Waals surface area (Å²) in [7, 11) is 1.71. The van der Waals surface area contributed by atoms with Crippen LogP contribution < -0.4 is 5.32 Å². The lowest BCUT2D eigenvalue weighted by atomic mass is 9.90. The molecule has 0 aromatic heterocycles. The maximum absolute atomic E-state index is 13.3. The Kier molecular flexibility index (Phi) is 8.34. The van der Waals surface area contributed by atoms with Gasteiger partial charge in [0.1, 0.15) is 0 Å². The molecular weight excluding hydrogens is 456 g/mol. The first-order chi connectivity index (χ1) is 17.3. The number of esters is 1. The molecule has 0 spiro atoms. The Balaban J connectivity index is 1.61. The van der Waals surface area contributed by atoms with E-state index in [2.05, 4.69) is 10.2 Å². The number of amides is 3. The lowest BCUT2D eigenvalue weighted by Gasteiger charge is -2.37. The Morgan fingerprint density at radius 1 is 1.06 bits per heavy atom. The van der Waals surface area contributed by atoms with E-state index in [0.29, 0.717) is 36.8 Å². The molecule has 2 aliphatic heterocycles. The average Bonchev–Trinajstić information content (AvgIpc) is 3.30. The molecule has 1 unspecified atom stereocenters. The number of aryl methyl sites for hydroxylation is 2. The fourth-order valence-electron chi connectivity index (χ4n) is 5.69. The molecule has 0 radical (unpaired) electrons. The molecule has 2 heterocycles. The third-order valence-corrected chi connectivity index (χ3v) is 7.80. The van der Waals surface area contributed by atoms with Crippen LogP contribution in [0.3, 0.4) is 0 Å². The predicted molar refractivity (Wildman–Crippen MR) is 138 cm³/mol. The van der Waals surface area contributed by atoms with Crippen molar-refractivity contribution >= 4 is 17.9 Å². The van der Waals surface area contributed by atoms with Crippen molar-refractivity contribution in [3.63, 3.8) is 0 Å². The molecule has 2 fully saturated rings. The minimum absolute atomic E-state index is 0.182. The average molecular weight is 497 g/mol. The van der Waals surface area contributed by atoms with Gasteiger partial charge in [0.2, 0.25) is 5.91 Å². The third-order valence-electron chi connectivity index (χ3n) is 7.80. The number of carbonyl (C=O) groups excluding carboxylic acids is 3. The number of nitrogens with one attached hydrogen (secondary N) is 1. The minimum atomic E-state index is -0.574. The van der Waals surface area contributed by atoms with Gasteiger partial charge in [-0.3, -0.25) is 14.6 Å². The molecule has 4 rings (SSSR count). The van der Waals surface area contributed by atoms with Gasteiger partial charge in [0.25, 0.3) is 0 Å². The van der Waals surface area contributed by atoms with Crippen LogP contribution in [0.25, 0.3) is 0 Å². The van der Waals surface area contributed by atoms with Crippen molar-refractivity contribution in [1.82, 2.24) is 20.0 Å². The molecule has 1 saturated carbocycles. The summed E-state index contributed by atoms with van der Waals surface area (Å²) in [4.78, 5) is 45.2. The van der Waals surface area contributed by atoms with E-state index in [-0.39, 0.29) is 18.6 Å². The molecule has 1 atom stereocenters. The SMILES string of the molecule is CCOC(=O)C1=C(CN2CCCN(C(=O)C3CCCC3)CC2)N(C)C(=O)NC1c1cc(C)ccc1C. The highest BCUT2D eigenvalue weighted by Gasteiger charge is 2.38. The molecule has 1 aromatic rings. The van der Waals surface area contributed by atoms with Crippen LogP contribution in [0.4, 0.5) is 4.79 Å². The van der Waals surface area contributed by atoms with Crippen LogP contribution in [0.5, 0.6) is 0 Å². The molecule has 1 saturated heterocycles. The van der Waals surface area contributed by atoms with Gasteiger partial charge in [0.05, 0.1) is 18.2 Å². The fourth-order valence-corrected chi connectivity index (χ4v) is 5.69. The maximum Gasteiger partial charge on any atom is 0.338 e. The number of urea groups is 1. The van der Waals surface area contributed by atoms with Gasteiger partial charge in [-0.05, 0) is 51.2 Å². The summed E-state index contributed by atoms with van der Waals surface area (Å²) in [5.41, 5.74) is 4.12. The Hall–Kier alpha value is -2.87. The second kappa shape index (κ2) is 11.5. The smallest absolute Gasteiger partial charge is 0.338 e. The Labute approximate surface area is 214 Å². The zero-order chi connectivity index (χ0) is 25.8. The molecule has 1 aliphatic carbocycles. The van der Waals surface area contributed by atoms with E-state index in [1.165, 1.54) is 0 Å². The number of benzene rings is 1. The summed E-state index contributed by atoms with van der Waals surface area (Å²) in [5.74, 6) is 0.0734. The van der Waals surface area contributed by atoms with Crippen LogP contribution in [-0.4, -0.2) is 79.0 Å². The van der Waals surface area contributed by atoms with Crippen molar-refractivity contribution in [3.05, 3.63) is 46.2 Å². The van der Waals surface area contributed by atoms with E-state index in [9.17, 15) is 14.4 Å². The monoisotopic (exact) mass is 496 g/mol. The number of nitrogens with zero attached hydrogens (tertiary/aromatic N) is 3. The molecule has 3 amide bonds. The van der Waals surface area contributed by atoms with Crippen LogP contribution in [-0.2, 0) is 14.3 Å². The van der Waals surface area contributed by atoms with Crippen molar-refractivity contribution in [2.24, 2.45) is 5.92 Å². The first kappa shape index (κ1) is 26.2. The Bertz CT molecular complexity index is 1030. The summed E-state index contributed by atoms with van der Waals surface area (Å²) in [5, 5.41) is 3.03. The van der Waals surface area contributed by atoms with E-state index >= 15 is 0 Å². The lowest BCUT2D eigenvalue weighted by molar-refractivity contribution is -0.139. The van der Waals surface area contributed by atoms with E-state index in [0.717, 1.165) is 61.9 Å². The topological polar surface area (TPSA) is 82.2 Å². The molecule has 196 valence electrons. The minimum Gasteiger partial charge on any atom is -0.463 e. The van der Waals surface area contributed by atoms with E-state index in [1.54, 1.807) is 18.9 Å². The summed E-state index contributed by atoms with van der Waals surface area (Å²) >= 11 is 0. The van der Waals surface area contributed by atoms with Gasteiger partial charge in [-0.25, -0.2) is 9.59 Å². The van der Waals surface area contributed by atoms with Gasteiger partial charge in [-0.2, -0.15) is 0 Å². The van der Waals surface area contributed by atoms with Gasteiger partial charge in [-0.15, -0.1) is 0 Å². The van der Waals surface area contributed by atoms with Crippen LogP contribution in [0, 0.1) is 19.8 Å². The molecule has 1 N–H and O–H groups in total. The lowest BCUT2D eigenvalue weighted by Crippen LogP contribution is -2.49. The van der Waals surface area contributed by atoms with Crippen LogP contribution in [0.1, 0.15) is 61.8 Å². The van der Waals surface area contributed by atoms with Gasteiger partial charge in [-0.1, -0.05) is 36.6 Å². The van der Waals surface area contributed by atoms with Crippen LogP contribution >= 0.6 is 0 Å². The molecule has 8 nitrogen and oxygen atoms in total. The summed E-state index contributed by atoms with van der Waals surface area (Å²) in [6, 6.07) is 5.26. The zero-order valence-electron chi connectivity index (χ0n) is 22.1. The number of ether oxygens (including phenoxy) is 1. The maximum atomic E-state index is 13.3. The third kappa shape index (κ3) is 5.59. The molecule has 8 heteroatoms. The first-order valence-corrected chi connectivity index (χ1v) is 13.3. The van der Waals surface area contributed by atoms with Crippen LogP contribution in [0.2, 0.25) is 0 Å². The first-order valence-electron chi connectivity index (χ1n) is 13.3. The molecular formula is C28H40N4O4. The van der Waals surface area contributed by atoms with Gasteiger partial charge in [0, 0.05) is 51.4 Å². The number of hydrogen-bond acceptors (Lipinski definition) is 5. The second-order valence-corrected chi connectivity index (χ2v) is 10.3. The predicted octanol–water partition coefficient (Wildman–Crippen LogP) is 3.54. The largest absolute Gasteiger partial charge is 0.463 e. The van der Waals surface area contributed by atoms with Crippen LogP contribution in [0.15, 0.2) is 29.5 Å². The highest BCUT2D eigenvalue weighted by Crippen LogP contribution is 2.34. The Morgan fingerprint density at radius 2 is 1.81 bits per heavy atom. The van der Waals surface area contributed by atoms with Gasteiger partial charge in [0.15, 0.2) is 0 Å².